The monoisotopic (exact) mass is 404 g/mol. The van der Waals surface area contributed by atoms with E-state index < -0.39 is 17.6 Å². The third-order valence-electron chi connectivity index (χ3n) is 6.94. The third kappa shape index (κ3) is 3.65. The maximum absolute atomic E-state index is 2.55. The lowest BCUT2D eigenvalue weighted by atomic mass is 9.77. The molecule has 0 aromatic heterocycles. The summed E-state index contributed by atoms with van der Waals surface area (Å²) < 4.78 is 0. The van der Waals surface area contributed by atoms with Crippen LogP contribution in [0.15, 0.2) is 64.4 Å². The first-order valence-corrected chi connectivity index (χ1v) is 15.4. The highest BCUT2D eigenvalue weighted by molar-refractivity contribution is 6.89. The van der Waals surface area contributed by atoms with E-state index in [4.69, 9.17) is 0 Å². The van der Waals surface area contributed by atoms with E-state index in [2.05, 4.69) is 104 Å². The van der Waals surface area contributed by atoms with Crippen molar-refractivity contribution in [2.75, 3.05) is 0 Å². The normalized spacial score (nSPS) is 20.8. The number of hydrogen-bond donors (Lipinski definition) is 0. The standard InChI is InChI=1S/C26H36Si2/c1-17-10-12-22(13-11-17)26(6)21(5)19(3)20(4)25(26)27-23-14-18(2)15-24(16-23)28(7,8)9/h10-16H,27H2,1-9H3. The van der Waals surface area contributed by atoms with Crippen LogP contribution in [-0.2, 0) is 5.41 Å². The van der Waals surface area contributed by atoms with Crippen molar-refractivity contribution >= 4 is 28.0 Å². The maximum atomic E-state index is 2.55. The van der Waals surface area contributed by atoms with Gasteiger partial charge in [0.1, 0.15) is 0 Å². The second kappa shape index (κ2) is 7.31. The summed E-state index contributed by atoms with van der Waals surface area (Å²) in [6.07, 6.45) is 0. The summed E-state index contributed by atoms with van der Waals surface area (Å²) in [5.74, 6) is 0. The van der Waals surface area contributed by atoms with E-state index in [1.807, 2.05) is 0 Å². The molecule has 0 bridgehead atoms. The fourth-order valence-corrected chi connectivity index (χ4v) is 8.66. The topological polar surface area (TPSA) is 0 Å². The second-order valence-corrected chi connectivity index (χ2v) is 16.9. The van der Waals surface area contributed by atoms with Crippen LogP contribution in [0.3, 0.4) is 0 Å². The molecule has 28 heavy (non-hydrogen) atoms. The van der Waals surface area contributed by atoms with Crippen LogP contribution >= 0.6 is 0 Å². The highest BCUT2D eigenvalue weighted by Gasteiger charge is 2.39. The van der Waals surface area contributed by atoms with Crippen LogP contribution < -0.4 is 10.4 Å². The largest absolute Gasteiger partial charge is 0.0843 e. The molecule has 2 aromatic carbocycles. The molecule has 0 saturated carbocycles. The lowest BCUT2D eigenvalue weighted by Gasteiger charge is -2.32. The molecule has 1 aliphatic rings. The van der Waals surface area contributed by atoms with Crippen LogP contribution in [-0.4, -0.2) is 17.6 Å². The molecule has 2 heteroatoms. The zero-order valence-electron chi connectivity index (χ0n) is 19.2. The molecule has 0 nitrogen and oxygen atoms in total. The van der Waals surface area contributed by atoms with Gasteiger partial charge in [0.25, 0.3) is 0 Å². The van der Waals surface area contributed by atoms with Crippen LogP contribution in [0, 0.1) is 13.8 Å². The van der Waals surface area contributed by atoms with Gasteiger partial charge in [-0.05, 0) is 52.7 Å². The molecule has 1 aliphatic carbocycles. The van der Waals surface area contributed by atoms with E-state index in [1.165, 1.54) is 27.8 Å². The quantitative estimate of drug-likeness (QED) is 0.613. The van der Waals surface area contributed by atoms with Crippen molar-refractivity contribution in [1.82, 2.24) is 0 Å². The Morgan fingerprint density at radius 1 is 0.750 bits per heavy atom. The predicted octanol–water partition coefficient (Wildman–Crippen LogP) is 5.22. The molecule has 1 unspecified atom stereocenters. The Labute approximate surface area is 175 Å². The Morgan fingerprint density at radius 3 is 1.93 bits per heavy atom. The lowest BCUT2D eigenvalue weighted by Crippen LogP contribution is -2.41. The van der Waals surface area contributed by atoms with Crippen molar-refractivity contribution < 1.29 is 0 Å². The van der Waals surface area contributed by atoms with Crippen molar-refractivity contribution in [2.24, 2.45) is 0 Å². The number of benzene rings is 2. The van der Waals surface area contributed by atoms with Crippen LogP contribution in [0.1, 0.15) is 44.4 Å². The maximum Gasteiger partial charge on any atom is 0.0843 e. The summed E-state index contributed by atoms with van der Waals surface area (Å²) in [5.41, 5.74) is 8.85. The second-order valence-electron chi connectivity index (χ2n) is 9.98. The van der Waals surface area contributed by atoms with E-state index in [1.54, 1.807) is 21.1 Å². The van der Waals surface area contributed by atoms with E-state index in [9.17, 15) is 0 Å². The number of hydrogen-bond acceptors (Lipinski definition) is 0. The SMILES string of the molecule is CC1=C(C)C(C)(c2ccc(C)cc2)C([SiH2]c2cc(C)cc([Si](C)(C)C)c2)=C1C. The lowest BCUT2D eigenvalue weighted by molar-refractivity contribution is 0.696. The minimum atomic E-state index is -1.31. The molecule has 148 valence electrons. The minimum Gasteiger partial charge on any atom is -0.0656 e. The molecular formula is C26H36Si2. The van der Waals surface area contributed by atoms with Gasteiger partial charge in [-0.2, -0.15) is 0 Å². The van der Waals surface area contributed by atoms with Crippen molar-refractivity contribution in [1.29, 1.82) is 0 Å². The van der Waals surface area contributed by atoms with Gasteiger partial charge in [0.05, 0.1) is 17.6 Å². The summed E-state index contributed by atoms with van der Waals surface area (Å²) in [4.78, 5) is 0. The summed E-state index contributed by atoms with van der Waals surface area (Å²) >= 11 is 0. The molecule has 0 saturated heterocycles. The highest BCUT2D eigenvalue weighted by atomic mass is 28.3. The first-order valence-electron chi connectivity index (χ1n) is 10.5. The van der Waals surface area contributed by atoms with Gasteiger partial charge in [0, 0.05) is 5.41 Å². The zero-order valence-corrected chi connectivity index (χ0v) is 21.7. The van der Waals surface area contributed by atoms with Crippen LogP contribution in [0.2, 0.25) is 19.6 Å². The molecule has 2 aromatic rings. The zero-order chi connectivity index (χ0) is 20.9. The summed E-state index contributed by atoms with van der Waals surface area (Å²) in [6, 6.07) is 16.7. The van der Waals surface area contributed by atoms with Gasteiger partial charge in [0.15, 0.2) is 0 Å². The first-order chi connectivity index (χ1) is 12.9. The van der Waals surface area contributed by atoms with E-state index in [0.717, 1.165) is 0 Å². The third-order valence-corrected chi connectivity index (χ3v) is 11.4. The van der Waals surface area contributed by atoms with Gasteiger partial charge in [-0.15, -0.1) is 0 Å². The Hall–Kier alpha value is -1.65. The molecule has 0 spiro atoms. The highest BCUT2D eigenvalue weighted by Crippen LogP contribution is 2.48. The molecule has 1 atom stereocenters. The smallest absolute Gasteiger partial charge is 0.0656 e. The van der Waals surface area contributed by atoms with Crippen LogP contribution in [0.4, 0.5) is 0 Å². The molecule has 3 rings (SSSR count). The van der Waals surface area contributed by atoms with Crippen LogP contribution in [0.25, 0.3) is 0 Å². The van der Waals surface area contributed by atoms with Crippen LogP contribution in [0.5, 0.6) is 0 Å². The molecule has 0 N–H and O–H groups in total. The number of rotatable bonds is 4. The molecule has 0 fully saturated rings. The Morgan fingerprint density at radius 2 is 1.36 bits per heavy atom. The van der Waals surface area contributed by atoms with Gasteiger partial charge in [-0.25, -0.2) is 0 Å². The van der Waals surface area contributed by atoms with Gasteiger partial charge in [0.2, 0.25) is 0 Å². The Kier molecular flexibility index (Phi) is 5.50. The summed E-state index contributed by atoms with van der Waals surface area (Å²) in [5, 5.41) is 4.91. The number of aryl methyl sites for hydroxylation is 2. The van der Waals surface area contributed by atoms with E-state index in [-0.39, 0.29) is 5.41 Å². The first kappa shape index (κ1) is 21.1. The molecular weight excluding hydrogens is 368 g/mol. The number of allylic oxidation sites excluding steroid dienone is 4. The van der Waals surface area contributed by atoms with E-state index >= 15 is 0 Å². The van der Waals surface area contributed by atoms with Gasteiger partial charge < -0.3 is 0 Å². The fourth-order valence-electron chi connectivity index (χ4n) is 4.67. The molecule has 0 aliphatic heterocycles. The van der Waals surface area contributed by atoms with Crippen molar-refractivity contribution in [3.8, 4) is 0 Å². The van der Waals surface area contributed by atoms with Gasteiger partial charge in [-0.1, -0.05) is 99.9 Å². The average Bonchev–Trinajstić information content (AvgIpc) is 2.77. The minimum absolute atomic E-state index is 0.0527. The molecule has 0 heterocycles. The van der Waals surface area contributed by atoms with Crippen molar-refractivity contribution in [2.45, 2.75) is 66.6 Å². The summed E-state index contributed by atoms with van der Waals surface area (Å²) in [7, 11) is -1.85. The Balaban J connectivity index is 2.10. The van der Waals surface area contributed by atoms with E-state index in [0.29, 0.717) is 0 Å². The molecule has 0 radical (unpaired) electrons. The van der Waals surface area contributed by atoms with Crippen molar-refractivity contribution in [3.05, 3.63) is 81.1 Å². The Bertz CT molecular complexity index is 968. The van der Waals surface area contributed by atoms with Crippen molar-refractivity contribution in [3.63, 3.8) is 0 Å². The molecule has 0 amide bonds. The predicted molar refractivity (Wildman–Crippen MR) is 132 cm³/mol. The average molecular weight is 405 g/mol. The van der Waals surface area contributed by atoms with Gasteiger partial charge >= 0.3 is 0 Å². The fraction of sp³-hybridized carbons (Fsp3) is 0.385. The van der Waals surface area contributed by atoms with Gasteiger partial charge in [-0.3, -0.25) is 0 Å². The summed E-state index contributed by atoms with van der Waals surface area (Å²) in [6.45, 7) is 21.3.